The van der Waals surface area contributed by atoms with E-state index in [-0.39, 0.29) is 28.0 Å². The highest BCUT2D eigenvalue weighted by atomic mass is 32.2. The van der Waals surface area contributed by atoms with Gasteiger partial charge in [0.05, 0.1) is 17.2 Å². The molecule has 7 heteroatoms. The van der Waals surface area contributed by atoms with E-state index < -0.39 is 9.84 Å². The van der Waals surface area contributed by atoms with Gasteiger partial charge >= 0.3 is 0 Å². The molecule has 3 aromatic rings. The molecule has 1 N–H and O–H groups in total. The van der Waals surface area contributed by atoms with E-state index in [9.17, 15) is 13.2 Å². The molecule has 1 aliphatic rings. The summed E-state index contributed by atoms with van der Waals surface area (Å²) in [5.41, 5.74) is 2.15. The van der Waals surface area contributed by atoms with Crippen LogP contribution in [0, 0.1) is 6.92 Å². The van der Waals surface area contributed by atoms with Gasteiger partial charge in [0.15, 0.2) is 0 Å². The third-order valence-corrected chi connectivity index (χ3v) is 7.96. The third-order valence-electron chi connectivity index (χ3n) is 4.94. The van der Waals surface area contributed by atoms with Crippen LogP contribution in [0.5, 0.6) is 5.75 Å². The van der Waals surface area contributed by atoms with Crippen LogP contribution in [-0.4, -0.2) is 20.9 Å². The fourth-order valence-corrected chi connectivity index (χ4v) is 6.62. The summed E-state index contributed by atoms with van der Waals surface area (Å²) in [6.45, 7) is 4.28. The number of fused-ring (bicyclic) bond motifs is 1. The predicted molar refractivity (Wildman–Crippen MR) is 114 cm³/mol. The zero-order chi connectivity index (χ0) is 20.6. The number of rotatable bonds is 5. The molecule has 29 heavy (non-hydrogen) atoms. The Morgan fingerprint density at radius 3 is 2.72 bits per heavy atom. The number of benzene rings is 2. The first-order valence-electron chi connectivity index (χ1n) is 9.36. The fraction of sp³-hybridized carbons (Fsp3) is 0.227. The molecule has 0 saturated carbocycles. The molecule has 1 aliphatic heterocycles. The smallest absolute Gasteiger partial charge is 0.225 e. The Morgan fingerprint density at radius 1 is 1.17 bits per heavy atom. The van der Waals surface area contributed by atoms with E-state index in [2.05, 4.69) is 5.32 Å². The van der Waals surface area contributed by atoms with Crippen molar-refractivity contribution in [3.63, 3.8) is 0 Å². The number of carbonyl (C=O) groups is 1. The Hall–Kier alpha value is -2.64. The highest BCUT2D eigenvalue weighted by molar-refractivity contribution is 7.91. The van der Waals surface area contributed by atoms with Crippen LogP contribution in [0.25, 0.3) is 0 Å². The van der Waals surface area contributed by atoms with Crippen LogP contribution in [0.1, 0.15) is 35.3 Å². The number of nitrogens with one attached hydrogen (secondary N) is 1. The summed E-state index contributed by atoms with van der Waals surface area (Å²) in [4.78, 5) is 13.7. The molecule has 0 fully saturated rings. The van der Waals surface area contributed by atoms with E-state index >= 15 is 0 Å². The molecule has 0 aliphatic carbocycles. The summed E-state index contributed by atoms with van der Waals surface area (Å²) in [6.07, 6.45) is 0.252. The molecule has 4 rings (SSSR count). The second kappa shape index (κ2) is 7.65. The van der Waals surface area contributed by atoms with Gasteiger partial charge in [-0.25, -0.2) is 8.42 Å². The lowest BCUT2D eigenvalue weighted by Crippen LogP contribution is -2.23. The van der Waals surface area contributed by atoms with Crippen molar-refractivity contribution in [2.75, 3.05) is 11.9 Å². The molecular formula is C22H21NO4S2. The number of anilines is 1. The van der Waals surface area contributed by atoms with E-state index in [1.165, 1.54) is 11.3 Å². The molecule has 1 amide bonds. The number of sulfone groups is 1. The first-order valence-corrected chi connectivity index (χ1v) is 11.7. The lowest BCUT2D eigenvalue weighted by Gasteiger charge is -2.25. The lowest BCUT2D eigenvalue weighted by atomic mass is 9.90. The van der Waals surface area contributed by atoms with Gasteiger partial charge in [0.2, 0.25) is 15.7 Å². The van der Waals surface area contributed by atoms with Crippen LogP contribution < -0.4 is 10.1 Å². The minimum atomic E-state index is -3.74. The van der Waals surface area contributed by atoms with Crippen LogP contribution in [-0.2, 0) is 14.6 Å². The number of ether oxygens (including phenoxy) is 1. The van der Waals surface area contributed by atoms with Crippen LogP contribution in [0.3, 0.4) is 0 Å². The number of amides is 1. The van der Waals surface area contributed by atoms with Gasteiger partial charge in [-0.2, -0.15) is 0 Å². The van der Waals surface area contributed by atoms with Gasteiger partial charge in [0, 0.05) is 28.2 Å². The molecule has 0 spiro atoms. The van der Waals surface area contributed by atoms with Gasteiger partial charge in [-0.05, 0) is 37.6 Å². The third kappa shape index (κ3) is 3.56. The van der Waals surface area contributed by atoms with E-state index in [0.717, 1.165) is 21.8 Å². The maximum absolute atomic E-state index is 13.3. The monoisotopic (exact) mass is 427 g/mol. The normalized spacial score (nSPS) is 16.2. The van der Waals surface area contributed by atoms with E-state index in [1.54, 1.807) is 23.6 Å². The van der Waals surface area contributed by atoms with Gasteiger partial charge in [0.1, 0.15) is 10.6 Å². The SMILES string of the molecule is CCOc1ccccc1[C@H]1CC(=O)Nc2c(S(=O)(=O)c3cccc(C)c3)csc21. The van der Waals surface area contributed by atoms with Crippen LogP contribution >= 0.6 is 11.3 Å². The molecule has 0 bridgehead atoms. The van der Waals surface area contributed by atoms with Gasteiger partial charge in [0.25, 0.3) is 0 Å². The van der Waals surface area contributed by atoms with Gasteiger partial charge in [-0.15, -0.1) is 11.3 Å². The van der Waals surface area contributed by atoms with E-state index in [1.807, 2.05) is 44.2 Å². The second-order valence-electron chi connectivity index (χ2n) is 6.93. The van der Waals surface area contributed by atoms with Gasteiger partial charge in [-0.1, -0.05) is 30.3 Å². The lowest BCUT2D eigenvalue weighted by molar-refractivity contribution is -0.116. The quantitative estimate of drug-likeness (QED) is 0.637. The molecule has 2 heterocycles. The maximum Gasteiger partial charge on any atom is 0.225 e. The Morgan fingerprint density at radius 2 is 1.97 bits per heavy atom. The number of hydrogen-bond acceptors (Lipinski definition) is 5. The zero-order valence-corrected chi connectivity index (χ0v) is 17.8. The fourth-order valence-electron chi connectivity index (χ4n) is 3.62. The number of aryl methyl sites for hydroxylation is 1. The molecule has 2 aromatic carbocycles. The molecule has 150 valence electrons. The summed E-state index contributed by atoms with van der Waals surface area (Å²) in [6, 6.07) is 14.4. The summed E-state index contributed by atoms with van der Waals surface area (Å²) < 4.78 is 32.3. The summed E-state index contributed by atoms with van der Waals surface area (Å²) in [5.74, 6) is 0.276. The van der Waals surface area contributed by atoms with Crippen LogP contribution in [0.4, 0.5) is 5.69 Å². The first-order chi connectivity index (χ1) is 13.9. The molecule has 0 unspecified atom stereocenters. The first kappa shape index (κ1) is 19.7. The number of para-hydroxylation sites is 1. The summed E-state index contributed by atoms with van der Waals surface area (Å²) in [7, 11) is -3.74. The van der Waals surface area contributed by atoms with Crippen molar-refractivity contribution >= 4 is 32.8 Å². The molecule has 1 aromatic heterocycles. The Labute approximate surface area is 174 Å². The predicted octanol–water partition coefficient (Wildman–Crippen LogP) is 4.76. The molecule has 0 radical (unpaired) electrons. The van der Waals surface area contributed by atoms with Crippen molar-refractivity contribution < 1.29 is 17.9 Å². The highest BCUT2D eigenvalue weighted by Crippen LogP contribution is 2.47. The molecule has 0 saturated heterocycles. The van der Waals surface area contributed by atoms with Crippen molar-refractivity contribution in [1.82, 2.24) is 0 Å². The minimum Gasteiger partial charge on any atom is -0.494 e. The topological polar surface area (TPSA) is 72.5 Å². The van der Waals surface area contributed by atoms with Gasteiger partial charge in [-0.3, -0.25) is 4.79 Å². The van der Waals surface area contributed by atoms with Crippen molar-refractivity contribution in [3.8, 4) is 5.75 Å². The number of thiophene rings is 1. The highest BCUT2D eigenvalue weighted by Gasteiger charge is 2.35. The number of carbonyl (C=O) groups excluding carboxylic acids is 1. The Bertz CT molecular complexity index is 1180. The maximum atomic E-state index is 13.3. The van der Waals surface area contributed by atoms with E-state index in [4.69, 9.17) is 4.74 Å². The van der Waals surface area contributed by atoms with Crippen molar-refractivity contribution in [2.24, 2.45) is 0 Å². The largest absolute Gasteiger partial charge is 0.494 e. The average Bonchev–Trinajstić information content (AvgIpc) is 3.12. The molecule has 1 atom stereocenters. The Kier molecular flexibility index (Phi) is 5.19. The Balaban J connectivity index is 1.84. The molecular weight excluding hydrogens is 406 g/mol. The minimum absolute atomic E-state index is 0.148. The van der Waals surface area contributed by atoms with E-state index in [0.29, 0.717) is 12.3 Å². The number of hydrogen-bond donors (Lipinski definition) is 1. The van der Waals surface area contributed by atoms with Crippen molar-refractivity contribution in [2.45, 2.75) is 36.0 Å². The summed E-state index contributed by atoms with van der Waals surface area (Å²) in [5, 5.41) is 4.43. The molecule has 5 nitrogen and oxygen atoms in total. The van der Waals surface area contributed by atoms with Crippen molar-refractivity contribution in [3.05, 3.63) is 69.9 Å². The van der Waals surface area contributed by atoms with Crippen LogP contribution in [0.15, 0.2) is 63.7 Å². The average molecular weight is 428 g/mol. The standard InChI is InChI=1S/C22H21NO4S2/c1-3-27-18-10-5-4-9-16(18)17-12-20(24)23-21-19(13-28-22(17)21)29(25,26)15-8-6-7-14(2)11-15/h4-11,13,17H,3,12H2,1-2H3,(H,23,24)/t17-/m1/s1. The van der Waals surface area contributed by atoms with Crippen molar-refractivity contribution in [1.29, 1.82) is 0 Å². The van der Waals surface area contributed by atoms with Crippen LogP contribution in [0.2, 0.25) is 0 Å². The van der Waals surface area contributed by atoms with Gasteiger partial charge < -0.3 is 10.1 Å². The second-order valence-corrected chi connectivity index (χ2v) is 9.76. The summed E-state index contributed by atoms with van der Waals surface area (Å²) >= 11 is 1.36. The zero-order valence-electron chi connectivity index (χ0n) is 16.1.